The number of carbonyl (C=O) groups is 2. The van der Waals surface area contributed by atoms with E-state index in [1.54, 1.807) is 14.0 Å². The molecule has 11 nitrogen and oxygen atoms in total. The van der Waals surface area contributed by atoms with Gasteiger partial charge >= 0.3 is 11.9 Å². The van der Waals surface area contributed by atoms with Crippen LogP contribution in [0.15, 0.2) is 18.2 Å². The molecular weight excluding hydrogens is 526 g/mol. The summed E-state index contributed by atoms with van der Waals surface area (Å²) in [7, 11) is 1.63. The molecule has 0 aliphatic heterocycles. The number of nitrogens with two attached hydrogens (primary N) is 1. The number of ether oxygens (including phenoxy) is 4. The second-order valence-corrected chi connectivity index (χ2v) is 9.78. The van der Waals surface area contributed by atoms with Gasteiger partial charge in [0.2, 0.25) is 5.95 Å². The van der Waals surface area contributed by atoms with Gasteiger partial charge in [-0.1, -0.05) is 26.3 Å². The quantitative estimate of drug-likeness (QED) is 0.185. The average molecular weight is 574 g/mol. The lowest BCUT2D eigenvalue weighted by atomic mass is 10.0. The van der Waals surface area contributed by atoms with Gasteiger partial charge in [0.25, 0.3) is 0 Å². The van der Waals surface area contributed by atoms with Gasteiger partial charge < -0.3 is 30.0 Å². The Morgan fingerprint density at radius 1 is 1.10 bits per heavy atom. The highest BCUT2D eigenvalue weighted by Crippen LogP contribution is 2.30. The number of aryl methyl sites for hydroxylation is 1. The lowest BCUT2D eigenvalue weighted by Crippen LogP contribution is -2.32. The molecule has 2 rings (SSSR count). The molecule has 0 bridgehead atoms. The first-order valence-electron chi connectivity index (χ1n) is 14.4. The molecule has 0 radical (unpaired) electrons. The number of hydrogen-bond donors (Lipinski definition) is 2. The molecule has 1 atom stereocenters. The molecule has 11 heteroatoms. The van der Waals surface area contributed by atoms with Gasteiger partial charge in [0, 0.05) is 49.7 Å². The van der Waals surface area contributed by atoms with Gasteiger partial charge in [-0.2, -0.15) is 4.98 Å². The van der Waals surface area contributed by atoms with Crippen molar-refractivity contribution in [2.24, 2.45) is 0 Å². The van der Waals surface area contributed by atoms with Crippen LogP contribution in [-0.4, -0.2) is 79.4 Å². The Bertz CT molecular complexity index is 1110. The van der Waals surface area contributed by atoms with E-state index in [1.165, 1.54) is 6.92 Å². The van der Waals surface area contributed by atoms with E-state index in [1.807, 2.05) is 36.9 Å². The summed E-state index contributed by atoms with van der Waals surface area (Å²) in [5.74, 6) is 1.77. The molecule has 1 aromatic carbocycles. The summed E-state index contributed by atoms with van der Waals surface area (Å²) < 4.78 is 21.9. The van der Waals surface area contributed by atoms with Crippen molar-refractivity contribution in [1.82, 2.24) is 14.9 Å². The molecular formula is C30H47N5O6. The number of aromatic nitrogens is 2. The number of nitrogen functional groups attached to an aromatic ring is 1. The molecule has 0 fully saturated rings. The summed E-state index contributed by atoms with van der Waals surface area (Å²) in [5, 5.41) is 3.52. The van der Waals surface area contributed by atoms with Gasteiger partial charge in [-0.3, -0.25) is 14.5 Å². The van der Waals surface area contributed by atoms with Crippen LogP contribution in [0, 0.1) is 6.92 Å². The highest BCUT2D eigenvalue weighted by Gasteiger charge is 2.18. The summed E-state index contributed by atoms with van der Waals surface area (Å²) in [6, 6.07) is 5.85. The fourth-order valence-electron chi connectivity index (χ4n) is 4.49. The van der Waals surface area contributed by atoms with E-state index < -0.39 is 0 Å². The number of carbonyl (C=O) groups excluding carboxylic acids is 2. The summed E-state index contributed by atoms with van der Waals surface area (Å²) >= 11 is 0. The van der Waals surface area contributed by atoms with Crippen LogP contribution in [0.1, 0.15) is 70.2 Å². The number of esters is 2. The van der Waals surface area contributed by atoms with E-state index in [-0.39, 0.29) is 30.5 Å². The third-order valence-electron chi connectivity index (χ3n) is 6.60. The minimum absolute atomic E-state index is 0.0606. The molecule has 41 heavy (non-hydrogen) atoms. The van der Waals surface area contributed by atoms with Crippen LogP contribution in [0.2, 0.25) is 0 Å². The Labute approximate surface area is 244 Å². The Kier molecular flexibility index (Phi) is 14.7. The molecule has 0 saturated heterocycles. The maximum Gasteiger partial charge on any atom is 0.320 e. The van der Waals surface area contributed by atoms with Crippen molar-refractivity contribution in [2.75, 3.05) is 57.6 Å². The first kappa shape index (κ1) is 33.6. The number of likely N-dealkylation sites (N-methyl/N-ethyl adjacent to an activating group) is 1. The van der Waals surface area contributed by atoms with E-state index in [0.29, 0.717) is 50.0 Å². The molecule has 1 aromatic heterocycles. The fraction of sp³-hybridized carbons (Fsp3) is 0.600. The van der Waals surface area contributed by atoms with Gasteiger partial charge in [0.15, 0.2) is 0 Å². The van der Waals surface area contributed by atoms with Crippen LogP contribution in [0.3, 0.4) is 0 Å². The van der Waals surface area contributed by atoms with Gasteiger partial charge in [-0.25, -0.2) is 4.98 Å². The summed E-state index contributed by atoms with van der Waals surface area (Å²) in [4.78, 5) is 33.9. The number of rotatable bonds is 19. The molecule has 3 N–H and O–H groups in total. The largest absolute Gasteiger partial charge is 0.496 e. The average Bonchev–Trinajstić information content (AvgIpc) is 2.92. The van der Waals surface area contributed by atoms with Crippen molar-refractivity contribution in [1.29, 1.82) is 0 Å². The maximum absolute atomic E-state index is 11.8. The molecule has 0 saturated carbocycles. The minimum atomic E-state index is -0.292. The highest BCUT2D eigenvalue weighted by molar-refractivity contribution is 5.71. The molecule has 0 amide bonds. The zero-order chi connectivity index (χ0) is 30.2. The van der Waals surface area contributed by atoms with E-state index in [9.17, 15) is 9.59 Å². The van der Waals surface area contributed by atoms with E-state index in [4.69, 9.17) is 24.7 Å². The molecule has 0 aliphatic rings. The third-order valence-corrected chi connectivity index (χ3v) is 6.60. The van der Waals surface area contributed by atoms with E-state index >= 15 is 0 Å². The number of nitrogens with zero attached hydrogens (tertiary/aromatic N) is 3. The standard InChI is InChI=1S/C30H47N5O6/c1-7-11-24(14-17-40-22(5)36)33-29-26(21(4)32-30(31)34-29)18-23-12-13-25(19-27(23)38-6)41-16-10-15-35(8-2)20-28(37)39-9-3/h12-13,19,24H,7-11,14-18,20H2,1-6H3,(H3,31,32,33,34)/t24-/m0/s1. The van der Waals surface area contributed by atoms with Crippen molar-refractivity contribution >= 4 is 23.7 Å². The number of anilines is 2. The second-order valence-electron chi connectivity index (χ2n) is 9.78. The van der Waals surface area contributed by atoms with Crippen molar-refractivity contribution in [2.45, 2.75) is 72.8 Å². The number of benzene rings is 1. The van der Waals surface area contributed by atoms with Gasteiger partial charge in [0.1, 0.15) is 17.3 Å². The van der Waals surface area contributed by atoms with Crippen LogP contribution in [0.25, 0.3) is 0 Å². The Hall–Kier alpha value is -3.60. The van der Waals surface area contributed by atoms with Crippen LogP contribution in [0.5, 0.6) is 11.5 Å². The van der Waals surface area contributed by atoms with Crippen LogP contribution >= 0.6 is 0 Å². The zero-order valence-electron chi connectivity index (χ0n) is 25.5. The predicted molar refractivity (Wildman–Crippen MR) is 159 cm³/mol. The van der Waals surface area contributed by atoms with Crippen molar-refractivity contribution < 1.29 is 28.5 Å². The normalized spacial score (nSPS) is 11.7. The van der Waals surface area contributed by atoms with Crippen molar-refractivity contribution in [3.05, 3.63) is 35.0 Å². The lowest BCUT2D eigenvalue weighted by Gasteiger charge is -2.22. The first-order chi connectivity index (χ1) is 19.7. The topological polar surface area (TPSA) is 138 Å². The molecule has 1 heterocycles. The van der Waals surface area contributed by atoms with Crippen molar-refractivity contribution in [3.63, 3.8) is 0 Å². The minimum Gasteiger partial charge on any atom is -0.496 e. The Morgan fingerprint density at radius 3 is 2.54 bits per heavy atom. The number of nitrogens with one attached hydrogen (secondary N) is 1. The van der Waals surface area contributed by atoms with Gasteiger partial charge in [0.05, 0.1) is 33.5 Å². The fourth-order valence-corrected chi connectivity index (χ4v) is 4.49. The monoisotopic (exact) mass is 573 g/mol. The van der Waals surface area contributed by atoms with E-state index in [0.717, 1.165) is 49.2 Å². The molecule has 0 unspecified atom stereocenters. The maximum atomic E-state index is 11.8. The summed E-state index contributed by atoms with van der Waals surface area (Å²) in [6.07, 6.45) is 3.80. The van der Waals surface area contributed by atoms with Crippen LogP contribution in [-0.2, 0) is 25.5 Å². The summed E-state index contributed by atoms with van der Waals surface area (Å²) in [5.41, 5.74) is 8.66. The first-order valence-corrected chi connectivity index (χ1v) is 14.4. The predicted octanol–water partition coefficient (Wildman–Crippen LogP) is 4.15. The third kappa shape index (κ3) is 11.8. The van der Waals surface area contributed by atoms with Gasteiger partial charge in [-0.15, -0.1) is 0 Å². The molecule has 228 valence electrons. The van der Waals surface area contributed by atoms with Crippen molar-refractivity contribution in [3.8, 4) is 11.5 Å². The smallest absolute Gasteiger partial charge is 0.320 e. The van der Waals surface area contributed by atoms with E-state index in [2.05, 4.69) is 22.2 Å². The molecule has 2 aromatic rings. The zero-order valence-corrected chi connectivity index (χ0v) is 25.5. The van der Waals surface area contributed by atoms with Gasteiger partial charge in [-0.05, 0) is 44.9 Å². The SMILES string of the molecule is CCC[C@@H](CCOC(C)=O)Nc1nc(N)nc(C)c1Cc1ccc(OCCCN(CC)CC(=O)OCC)cc1OC. The van der Waals surface area contributed by atoms with Crippen LogP contribution in [0.4, 0.5) is 11.8 Å². The number of methoxy groups -OCH3 is 1. The summed E-state index contributed by atoms with van der Waals surface area (Å²) in [6.45, 7) is 12.3. The Balaban J connectivity index is 2.10. The second kappa shape index (κ2) is 18.0. The highest BCUT2D eigenvalue weighted by atomic mass is 16.5. The molecule has 0 spiro atoms. The van der Waals surface area contributed by atoms with Crippen LogP contribution < -0.4 is 20.5 Å². The lowest BCUT2D eigenvalue weighted by molar-refractivity contribution is -0.144. The number of hydrogen-bond acceptors (Lipinski definition) is 11. The molecule has 0 aliphatic carbocycles. The Morgan fingerprint density at radius 2 is 1.88 bits per heavy atom.